The number of aryl methyl sites for hydroxylation is 1. The Morgan fingerprint density at radius 2 is 1.93 bits per heavy atom. The molecular weight excluding hydrogens is 376 g/mol. The van der Waals surface area contributed by atoms with Gasteiger partial charge in [0.05, 0.1) is 11.4 Å². The molecular formula is C21H24N2O4S. The average Bonchev–Trinajstić information content (AvgIpc) is 2.96. The van der Waals surface area contributed by atoms with Gasteiger partial charge in [-0.3, -0.25) is 19.3 Å². The second-order valence-electron chi connectivity index (χ2n) is 7.07. The Hall–Kier alpha value is -2.54. The lowest BCUT2D eigenvalue weighted by Gasteiger charge is -2.27. The molecule has 2 aromatic rings. The van der Waals surface area contributed by atoms with Gasteiger partial charge in [-0.25, -0.2) is 0 Å². The van der Waals surface area contributed by atoms with Gasteiger partial charge in [-0.1, -0.05) is 12.1 Å². The van der Waals surface area contributed by atoms with E-state index in [9.17, 15) is 14.4 Å². The molecule has 0 saturated carbocycles. The molecule has 1 aromatic heterocycles. The zero-order chi connectivity index (χ0) is 20.4. The van der Waals surface area contributed by atoms with Crippen LogP contribution in [0, 0.1) is 13.8 Å². The van der Waals surface area contributed by atoms with E-state index in [-0.39, 0.29) is 36.6 Å². The van der Waals surface area contributed by atoms with Crippen LogP contribution in [0.15, 0.2) is 35.2 Å². The van der Waals surface area contributed by atoms with Gasteiger partial charge in [0.1, 0.15) is 6.54 Å². The first-order valence-electron chi connectivity index (χ1n) is 9.19. The number of anilines is 1. The van der Waals surface area contributed by atoms with Crippen LogP contribution in [0.2, 0.25) is 0 Å². The lowest BCUT2D eigenvalue weighted by Crippen LogP contribution is -2.40. The number of aromatic nitrogens is 1. The number of hydrogen-bond acceptors (Lipinski definition) is 5. The molecule has 0 aliphatic carbocycles. The minimum atomic E-state index is -0.596. The van der Waals surface area contributed by atoms with Crippen molar-refractivity contribution in [3.05, 3.63) is 47.3 Å². The van der Waals surface area contributed by atoms with E-state index >= 15 is 0 Å². The standard InChI is InChI=1S/C21H24N2O4S/c1-13(2)23-14(3)9-16(15(23)4)18(24)11-27-21(26)10-22-17-7-5-6-8-19(17)28-12-20(22)25/h5-9,13H,10-12H2,1-4H3. The first kappa shape index (κ1) is 20.2. The third kappa shape index (κ3) is 3.99. The van der Waals surface area contributed by atoms with E-state index in [1.54, 1.807) is 6.07 Å². The molecule has 0 N–H and O–H groups in total. The summed E-state index contributed by atoms with van der Waals surface area (Å²) in [5.74, 6) is -0.701. The summed E-state index contributed by atoms with van der Waals surface area (Å²) in [5.41, 5.74) is 3.13. The summed E-state index contributed by atoms with van der Waals surface area (Å²) in [4.78, 5) is 39.4. The van der Waals surface area contributed by atoms with E-state index in [1.807, 2.05) is 38.1 Å². The van der Waals surface area contributed by atoms with E-state index in [0.717, 1.165) is 16.3 Å². The number of esters is 1. The Kier molecular flexibility index (Phi) is 5.93. The second kappa shape index (κ2) is 8.22. The van der Waals surface area contributed by atoms with Gasteiger partial charge < -0.3 is 9.30 Å². The molecule has 0 unspecified atom stereocenters. The molecule has 0 bridgehead atoms. The molecule has 148 valence electrons. The normalized spacial score (nSPS) is 13.6. The molecule has 1 aliphatic rings. The smallest absolute Gasteiger partial charge is 0.326 e. The Morgan fingerprint density at radius 3 is 2.61 bits per heavy atom. The minimum absolute atomic E-state index is 0.146. The van der Waals surface area contributed by atoms with Crippen molar-refractivity contribution in [1.29, 1.82) is 0 Å². The van der Waals surface area contributed by atoms with Crippen molar-refractivity contribution < 1.29 is 19.1 Å². The number of benzene rings is 1. The predicted molar refractivity (Wildman–Crippen MR) is 109 cm³/mol. The van der Waals surface area contributed by atoms with Gasteiger partial charge in [-0.2, -0.15) is 0 Å². The number of rotatable bonds is 6. The Balaban J connectivity index is 1.65. The van der Waals surface area contributed by atoms with Crippen molar-refractivity contribution in [2.75, 3.05) is 23.8 Å². The average molecular weight is 401 g/mol. The van der Waals surface area contributed by atoms with Crippen molar-refractivity contribution in [1.82, 2.24) is 4.57 Å². The number of para-hydroxylation sites is 1. The maximum atomic E-state index is 12.5. The van der Waals surface area contributed by atoms with E-state index in [1.165, 1.54) is 16.7 Å². The van der Waals surface area contributed by atoms with Crippen LogP contribution in [-0.4, -0.2) is 41.1 Å². The van der Waals surface area contributed by atoms with Crippen LogP contribution in [0.4, 0.5) is 5.69 Å². The third-order valence-corrected chi connectivity index (χ3v) is 5.81. The number of hydrogen-bond donors (Lipinski definition) is 0. The fraction of sp³-hybridized carbons (Fsp3) is 0.381. The fourth-order valence-electron chi connectivity index (χ4n) is 3.58. The summed E-state index contributed by atoms with van der Waals surface area (Å²) in [7, 11) is 0. The molecule has 1 amide bonds. The summed E-state index contributed by atoms with van der Waals surface area (Å²) in [5, 5.41) is 0. The molecule has 7 heteroatoms. The van der Waals surface area contributed by atoms with Gasteiger partial charge in [0.2, 0.25) is 11.7 Å². The van der Waals surface area contributed by atoms with Gasteiger partial charge in [0, 0.05) is 27.9 Å². The molecule has 2 heterocycles. The number of carbonyl (C=O) groups is 3. The summed E-state index contributed by atoms with van der Waals surface area (Å²) in [6.45, 7) is 7.42. The number of nitrogens with zero attached hydrogens (tertiary/aromatic N) is 2. The molecule has 0 fully saturated rings. The zero-order valence-electron chi connectivity index (χ0n) is 16.5. The van der Waals surface area contributed by atoms with Gasteiger partial charge in [0.25, 0.3) is 0 Å². The van der Waals surface area contributed by atoms with Crippen molar-refractivity contribution in [3.63, 3.8) is 0 Å². The van der Waals surface area contributed by atoms with Crippen molar-refractivity contribution in [2.24, 2.45) is 0 Å². The lowest BCUT2D eigenvalue weighted by molar-refractivity contribution is -0.141. The Bertz CT molecular complexity index is 932. The number of ether oxygens (including phenoxy) is 1. The SMILES string of the molecule is Cc1cc(C(=O)COC(=O)CN2C(=O)CSc3ccccc32)c(C)n1C(C)C. The molecule has 1 aromatic carbocycles. The van der Waals surface area contributed by atoms with E-state index in [0.29, 0.717) is 11.3 Å². The summed E-state index contributed by atoms with van der Waals surface area (Å²) >= 11 is 1.45. The van der Waals surface area contributed by atoms with Crippen LogP contribution >= 0.6 is 11.8 Å². The van der Waals surface area contributed by atoms with Crippen LogP contribution in [0.3, 0.4) is 0 Å². The fourth-order valence-corrected chi connectivity index (χ4v) is 4.52. The van der Waals surface area contributed by atoms with E-state index in [4.69, 9.17) is 4.74 Å². The molecule has 6 nitrogen and oxygen atoms in total. The topological polar surface area (TPSA) is 68.6 Å². The first-order chi connectivity index (χ1) is 13.3. The highest BCUT2D eigenvalue weighted by Crippen LogP contribution is 2.34. The maximum absolute atomic E-state index is 12.5. The van der Waals surface area contributed by atoms with Gasteiger partial charge in [0.15, 0.2) is 6.61 Å². The van der Waals surface area contributed by atoms with Crippen molar-refractivity contribution in [3.8, 4) is 0 Å². The second-order valence-corrected chi connectivity index (χ2v) is 8.09. The van der Waals surface area contributed by atoms with E-state index in [2.05, 4.69) is 18.4 Å². The zero-order valence-corrected chi connectivity index (χ0v) is 17.3. The molecule has 0 saturated heterocycles. The molecule has 0 spiro atoms. The summed E-state index contributed by atoms with van der Waals surface area (Å²) in [6.07, 6.45) is 0. The van der Waals surface area contributed by atoms with Crippen LogP contribution < -0.4 is 4.90 Å². The van der Waals surface area contributed by atoms with Crippen LogP contribution in [0.5, 0.6) is 0 Å². The van der Waals surface area contributed by atoms with Gasteiger partial charge in [-0.05, 0) is 45.9 Å². The highest BCUT2D eigenvalue weighted by Gasteiger charge is 2.27. The highest BCUT2D eigenvalue weighted by molar-refractivity contribution is 8.00. The lowest BCUT2D eigenvalue weighted by atomic mass is 10.1. The Morgan fingerprint density at radius 1 is 1.21 bits per heavy atom. The molecule has 0 radical (unpaired) electrons. The number of ketones is 1. The van der Waals surface area contributed by atoms with Crippen LogP contribution in [-0.2, 0) is 14.3 Å². The quantitative estimate of drug-likeness (QED) is 0.548. The predicted octanol–water partition coefficient (Wildman–Crippen LogP) is 3.55. The number of amides is 1. The summed E-state index contributed by atoms with van der Waals surface area (Å²) < 4.78 is 7.27. The summed E-state index contributed by atoms with van der Waals surface area (Å²) in [6, 6.07) is 9.51. The number of thioether (sulfide) groups is 1. The van der Waals surface area contributed by atoms with Crippen molar-refractivity contribution in [2.45, 2.75) is 38.6 Å². The molecule has 1 aliphatic heterocycles. The largest absolute Gasteiger partial charge is 0.456 e. The molecule has 3 rings (SSSR count). The first-order valence-corrected chi connectivity index (χ1v) is 10.2. The van der Waals surface area contributed by atoms with Crippen LogP contribution in [0.25, 0.3) is 0 Å². The Labute approximate surface area is 168 Å². The highest BCUT2D eigenvalue weighted by atomic mass is 32.2. The number of carbonyl (C=O) groups excluding carboxylic acids is 3. The minimum Gasteiger partial charge on any atom is -0.456 e. The molecule has 0 atom stereocenters. The molecule has 28 heavy (non-hydrogen) atoms. The monoisotopic (exact) mass is 400 g/mol. The third-order valence-electron chi connectivity index (χ3n) is 4.76. The number of fused-ring (bicyclic) bond motifs is 1. The maximum Gasteiger partial charge on any atom is 0.326 e. The van der Waals surface area contributed by atoms with Crippen molar-refractivity contribution >= 4 is 35.1 Å². The van der Waals surface area contributed by atoms with Gasteiger partial charge >= 0.3 is 5.97 Å². The van der Waals surface area contributed by atoms with E-state index < -0.39 is 5.97 Å². The van der Waals surface area contributed by atoms with Crippen LogP contribution in [0.1, 0.15) is 41.6 Å². The van der Waals surface area contributed by atoms with Gasteiger partial charge in [-0.15, -0.1) is 11.8 Å². The number of Topliss-reactive ketones (excluding diaryl/α,β-unsaturated/α-hetero) is 1.